The highest BCUT2D eigenvalue weighted by Gasteiger charge is 2.33. The van der Waals surface area contributed by atoms with Gasteiger partial charge in [0.2, 0.25) is 11.8 Å². The van der Waals surface area contributed by atoms with E-state index in [1.165, 1.54) is 17.0 Å². The van der Waals surface area contributed by atoms with E-state index in [9.17, 15) is 18.0 Å². The summed E-state index contributed by atoms with van der Waals surface area (Å²) in [5, 5.41) is 3.72. The molecule has 0 bridgehead atoms. The van der Waals surface area contributed by atoms with Gasteiger partial charge in [-0.1, -0.05) is 64.6 Å². The van der Waals surface area contributed by atoms with Gasteiger partial charge in [0.15, 0.2) is 0 Å². The van der Waals surface area contributed by atoms with Crippen molar-refractivity contribution in [2.75, 3.05) is 17.4 Å². The molecular formula is C28H30Cl3N3O4S. The smallest absolute Gasteiger partial charge is 0.264 e. The Morgan fingerprint density at radius 1 is 0.923 bits per heavy atom. The van der Waals surface area contributed by atoms with Crippen molar-refractivity contribution in [1.82, 2.24) is 10.2 Å². The molecule has 1 N–H and O–H groups in total. The van der Waals surface area contributed by atoms with Gasteiger partial charge < -0.3 is 10.2 Å². The van der Waals surface area contributed by atoms with E-state index in [4.69, 9.17) is 34.8 Å². The van der Waals surface area contributed by atoms with E-state index in [0.29, 0.717) is 32.7 Å². The van der Waals surface area contributed by atoms with Crippen molar-refractivity contribution in [1.29, 1.82) is 0 Å². The molecule has 0 aliphatic rings. The summed E-state index contributed by atoms with van der Waals surface area (Å²) in [5.74, 6) is -0.965. The van der Waals surface area contributed by atoms with Gasteiger partial charge >= 0.3 is 0 Å². The van der Waals surface area contributed by atoms with Crippen LogP contribution in [0.2, 0.25) is 15.1 Å². The zero-order chi connectivity index (χ0) is 28.9. The standard InChI is InChI=1S/C28H30Cl3N3O4S/c1-5-32-28(36)20(4)33(16-21-11-14-24(30)25(31)15-21)27(35)17-34(26-8-6-7-23(29)19(26)3)39(37,38)22-12-9-18(2)10-13-22/h6-15,20H,5,16-17H2,1-4H3,(H,32,36)/t20-/m1/s1. The molecule has 39 heavy (non-hydrogen) atoms. The van der Waals surface area contributed by atoms with Gasteiger partial charge in [-0.3, -0.25) is 13.9 Å². The lowest BCUT2D eigenvalue weighted by molar-refractivity contribution is -0.139. The molecular weight excluding hydrogens is 581 g/mol. The molecule has 0 aliphatic heterocycles. The molecule has 11 heteroatoms. The van der Waals surface area contributed by atoms with Gasteiger partial charge in [0, 0.05) is 18.1 Å². The van der Waals surface area contributed by atoms with Crippen LogP contribution in [0.15, 0.2) is 65.6 Å². The molecule has 0 saturated heterocycles. The molecule has 208 valence electrons. The van der Waals surface area contributed by atoms with Gasteiger partial charge in [0.05, 0.1) is 20.6 Å². The number of likely N-dealkylation sites (N-methyl/N-ethyl adjacent to an activating group) is 1. The number of aryl methyl sites for hydroxylation is 1. The first kappa shape index (κ1) is 30.8. The Balaban J connectivity index is 2.08. The summed E-state index contributed by atoms with van der Waals surface area (Å²) in [5.41, 5.74) is 2.27. The normalized spacial score (nSPS) is 12.1. The third kappa shape index (κ3) is 7.25. The number of nitrogens with zero attached hydrogens (tertiary/aromatic N) is 2. The number of nitrogens with one attached hydrogen (secondary N) is 1. The van der Waals surface area contributed by atoms with Crippen LogP contribution < -0.4 is 9.62 Å². The molecule has 0 heterocycles. The van der Waals surface area contributed by atoms with Crippen LogP contribution in [0.25, 0.3) is 0 Å². The maximum atomic E-state index is 13.9. The van der Waals surface area contributed by atoms with Gasteiger partial charge in [-0.05, 0) is 75.2 Å². The third-order valence-electron chi connectivity index (χ3n) is 6.25. The maximum absolute atomic E-state index is 13.9. The highest BCUT2D eigenvalue weighted by Crippen LogP contribution is 2.31. The van der Waals surface area contributed by atoms with Crippen molar-refractivity contribution in [3.63, 3.8) is 0 Å². The van der Waals surface area contributed by atoms with E-state index < -0.39 is 28.5 Å². The lowest BCUT2D eigenvalue weighted by atomic mass is 10.1. The topological polar surface area (TPSA) is 86.8 Å². The second-order valence-corrected chi connectivity index (χ2v) is 12.1. The average Bonchev–Trinajstić information content (AvgIpc) is 2.89. The first-order valence-corrected chi connectivity index (χ1v) is 14.8. The van der Waals surface area contributed by atoms with Crippen molar-refractivity contribution >= 4 is 62.3 Å². The van der Waals surface area contributed by atoms with E-state index in [-0.39, 0.29) is 23.0 Å². The predicted octanol–water partition coefficient (Wildman–Crippen LogP) is 6.01. The molecule has 0 spiro atoms. The number of sulfonamides is 1. The van der Waals surface area contributed by atoms with Gasteiger partial charge in [0.1, 0.15) is 12.6 Å². The number of carbonyl (C=O) groups excluding carboxylic acids is 2. The van der Waals surface area contributed by atoms with Crippen molar-refractivity contribution in [3.05, 3.63) is 92.4 Å². The lowest BCUT2D eigenvalue weighted by Gasteiger charge is -2.32. The van der Waals surface area contributed by atoms with Gasteiger partial charge in [-0.25, -0.2) is 8.42 Å². The monoisotopic (exact) mass is 609 g/mol. The largest absolute Gasteiger partial charge is 0.355 e. The molecule has 3 aromatic rings. The molecule has 0 aliphatic carbocycles. The lowest BCUT2D eigenvalue weighted by Crippen LogP contribution is -2.51. The molecule has 0 aromatic heterocycles. The van der Waals surface area contributed by atoms with Gasteiger partial charge in [-0.2, -0.15) is 0 Å². The van der Waals surface area contributed by atoms with Crippen LogP contribution in [0.4, 0.5) is 5.69 Å². The molecule has 2 amide bonds. The molecule has 3 rings (SSSR count). The van der Waals surface area contributed by atoms with Gasteiger partial charge in [0.25, 0.3) is 10.0 Å². The van der Waals surface area contributed by atoms with Crippen molar-refractivity contribution in [2.45, 2.75) is 45.2 Å². The van der Waals surface area contributed by atoms with Gasteiger partial charge in [-0.15, -0.1) is 0 Å². The van der Waals surface area contributed by atoms with Crippen molar-refractivity contribution < 1.29 is 18.0 Å². The van der Waals surface area contributed by atoms with Crippen LogP contribution in [0.1, 0.15) is 30.5 Å². The number of amides is 2. The van der Waals surface area contributed by atoms with Crippen LogP contribution in [0.5, 0.6) is 0 Å². The minimum Gasteiger partial charge on any atom is -0.355 e. The highest BCUT2D eigenvalue weighted by molar-refractivity contribution is 7.92. The fraction of sp³-hybridized carbons (Fsp3) is 0.286. The van der Waals surface area contributed by atoms with Crippen LogP contribution in [-0.4, -0.2) is 44.3 Å². The minimum absolute atomic E-state index is 0.000963. The Bertz CT molecular complexity index is 1460. The molecule has 0 saturated carbocycles. The van der Waals surface area contributed by atoms with Crippen molar-refractivity contribution in [3.8, 4) is 0 Å². The zero-order valence-electron chi connectivity index (χ0n) is 22.0. The van der Waals surface area contributed by atoms with Crippen LogP contribution in [-0.2, 0) is 26.2 Å². The fourth-order valence-electron chi connectivity index (χ4n) is 3.96. The van der Waals surface area contributed by atoms with Crippen LogP contribution >= 0.6 is 34.8 Å². The molecule has 7 nitrogen and oxygen atoms in total. The number of benzene rings is 3. The van der Waals surface area contributed by atoms with Crippen molar-refractivity contribution in [2.24, 2.45) is 0 Å². The summed E-state index contributed by atoms with van der Waals surface area (Å²) in [6.45, 7) is 6.70. The zero-order valence-corrected chi connectivity index (χ0v) is 25.1. The SMILES string of the molecule is CCNC(=O)[C@@H](C)N(Cc1ccc(Cl)c(Cl)c1)C(=O)CN(c1cccc(Cl)c1C)S(=O)(=O)c1ccc(C)cc1. The Labute approximate surface area is 244 Å². The third-order valence-corrected chi connectivity index (χ3v) is 9.17. The minimum atomic E-state index is -4.19. The van der Waals surface area contributed by atoms with E-state index in [2.05, 4.69) is 5.32 Å². The van der Waals surface area contributed by atoms with E-state index in [1.807, 2.05) is 6.92 Å². The quantitative estimate of drug-likeness (QED) is 0.305. The fourth-order valence-corrected chi connectivity index (χ4v) is 5.92. The molecule has 0 radical (unpaired) electrons. The summed E-state index contributed by atoms with van der Waals surface area (Å²) in [4.78, 5) is 28.1. The molecule has 0 unspecified atom stereocenters. The van der Waals surface area contributed by atoms with E-state index >= 15 is 0 Å². The summed E-state index contributed by atoms with van der Waals surface area (Å²) >= 11 is 18.6. The molecule has 0 fully saturated rings. The predicted molar refractivity (Wildman–Crippen MR) is 157 cm³/mol. The van der Waals surface area contributed by atoms with E-state index in [1.54, 1.807) is 69.3 Å². The number of anilines is 1. The number of hydrogen-bond donors (Lipinski definition) is 1. The van der Waals surface area contributed by atoms with E-state index in [0.717, 1.165) is 9.87 Å². The number of hydrogen-bond acceptors (Lipinski definition) is 4. The Morgan fingerprint density at radius 3 is 2.21 bits per heavy atom. The molecule has 1 atom stereocenters. The average molecular weight is 611 g/mol. The molecule has 3 aromatic carbocycles. The first-order valence-electron chi connectivity index (χ1n) is 12.2. The van der Waals surface area contributed by atoms with Crippen LogP contribution in [0, 0.1) is 13.8 Å². The summed E-state index contributed by atoms with van der Waals surface area (Å²) in [7, 11) is -4.19. The number of halogens is 3. The summed E-state index contributed by atoms with van der Waals surface area (Å²) < 4.78 is 28.9. The summed E-state index contributed by atoms with van der Waals surface area (Å²) in [6.07, 6.45) is 0. The number of rotatable bonds is 10. The highest BCUT2D eigenvalue weighted by atomic mass is 35.5. The Morgan fingerprint density at radius 2 is 1.59 bits per heavy atom. The second kappa shape index (κ2) is 13.0. The summed E-state index contributed by atoms with van der Waals surface area (Å²) in [6, 6.07) is 15.2. The number of carbonyl (C=O) groups is 2. The Hall–Kier alpha value is -2.78. The first-order chi connectivity index (χ1) is 18.4. The Kier molecular flexibility index (Phi) is 10.3. The second-order valence-electron chi connectivity index (χ2n) is 9.05. The van der Waals surface area contributed by atoms with Crippen LogP contribution in [0.3, 0.4) is 0 Å². The maximum Gasteiger partial charge on any atom is 0.264 e.